The highest BCUT2D eigenvalue weighted by Gasteiger charge is 2.28. The second-order valence-corrected chi connectivity index (χ2v) is 3.89. The van der Waals surface area contributed by atoms with Crippen molar-refractivity contribution in [2.75, 3.05) is 0 Å². The lowest BCUT2D eigenvalue weighted by Gasteiger charge is -2.08. The van der Waals surface area contributed by atoms with Crippen LogP contribution in [0, 0.1) is 5.92 Å². The molecule has 2 N–H and O–H groups in total. The number of primary amides is 1. The third kappa shape index (κ3) is 1.53. The average molecular weight is 182 g/mol. The van der Waals surface area contributed by atoms with Gasteiger partial charge >= 0.3 is 0 Å². The first kappa shape index (κ1) is 7.86. The summed E-state index contributed by atoms with van der Waals surface area (Å²) in [6.45, 7) is 0. The lowest BCUT2D eigenvalue weighted by Crippen LogP contribution is -2.14. The topological polar surface area (TPSA) is 55.5 Å². The highest BCUT2D eigenvalue weighted by Crippen LogP contribution is 2.36. The quantitative estimate of drug-likeness (QED) is 0.653. The van der Waals surface area contributed by atoms with Gasteiger partial charge in [-0.2, -0.15) is 0 Å². The molecule has 0 aromatic rings. The van der Waals surface area contributed by atoms with Crippen LogP contribution in [-0.2, 0) is 4.79 Å². The Morgan fingerprint density at radius 2 is 2.42 bits per heavy atom. The highest BCUT2D eigenvalue weighted by atomic mass is 32.2. The summed E-state index contributed by atoms with van der Waals surface area (Å²) < 4.78 is 4.26. The molecule has 4 heteroatoms. The first-order valence-corrected chi connectivity index (χ1v) is 4.78. The predicted octanol–water partition coefficient (Wildman–Crippen LogP) is 1.26. The number of hydrogen-bond acceptors (Lipinski definition) is 3. The van der Waals surface area contributed by atoms with Crippen LogP contribution in [0.25, 0.3) is 0 Å². The van der Waals surface area contributed by atoms with Gasteiger partial charge in [-0.15, -0.1) is 0 Å². The van der Waals surface area contributed by atoms with Gasteiger partial charge in [0, 0.05) is 24.1 Å². The van der Waals surface area contributed by atoms with E-state index in [-0.39, 0.29) is 5.91 Å². The van der Waals surface area contributed by atoms with E-state index in [4.69, 9.17) is 5.73 Å². The molecule has 1 fully saturated rings. The summed E-state index contributed by atoms with van der Waals surface area (Å²) >= 11 is 1.22. The third-order valence-electron chi connectivity index (χ3n) is 2.05. The van der Waals surface area contributed by atoms with Gasteiger partial charge in [-0.25, -0.2) is 4.40 Å². The second-order valence-electron chi connectivity index (χ2n) is 3.08. The zero-order valence-corrected chi connectivity index (χ0v) is 7.43. The lowest BCUT2D eigenvalue weighted by molar-refractivity contribution is -0.113. The molecule has 1 saturated carbocycles. The summed E-state index contributed by atoms with van der Waals surface area (Å²) in [4.78, 5) is 11.3. The minimum absolute atomic E-state index is 0.362. The molecule has 12 heavy (non-hydrogen) atoms. The lowest BCUT2D eigenvalue weighted by atomic mass is 10.2. The monoisotopic (exact) mass is 182 g/mol. The molecule has 0 atom stereocenters. The van der Waals surface area contributed by atoms with Gasteiger partial charge in [-0.3, -0.25) is 4.79 Å². The van der Waals surface area contributed by atoms with Gasteiger partial charge in [0.1, 0.15) is 0 Å². The van der Waals surface area contributed by atoms with Crippen molar-refractivity contribution in [1.82, 2.24) is 0 Å². The fourth-order valence-electron chi connectivity index (χ4n) is 1.18. The number of amides is 1. The largest absolute Gasteiger partial charge is 0.365 e. The molecule has 64 valence electrons. The average Bonchev–Trinajstić information content (AvgIpc) is 2.87. The first-order chi connectivity index (χ1) is 5.77. The number of carbonyl (C=O) groups excluding carboxylic acids is 1. The molecule has 0 bridgehead atoms. The van der Waals surface area contributed by atoms with Crippen molar-refractivity contribution < 1.29 is 4.79 Å². The fraction of sp³-hybridized carbons (Fsp3) is 0.500. The fourth-order valence-corrected chi connectivity index (χ4v) is 1.87. The van der Waals surface area contributed by atoms with Crippen molar-refractivity contribution in [3.05, 3.63) is 11.0 Å². The number of nitrogens with two attached hydrogens (primary N) is 1. The molecule has 0 unspecified atom stereocenters. The smallest absolute Gasteiger partial charge is 0.256 e. The molecule has 3 nitrogen and oxygen atoms in total. The van der Waals surface area contributed by atoms with E-state index in [1.807, 2.05) is 6.08 Å². The summed E-state index contributed by atoms with van der Waals surface area (Å²) in [5.74, 6) is 0.335. The van der Waals surface area contributed by atoms with Crippen molar-refractivity contribution >= 4 is 23.6 Å². The molecule has 0 spiro atoms. The Hall–Kier alpha value is -0.770. The summed E-state index contributed by atoms with van der Waals surface area (Å²) in [6, 6.07) is 0. The van der Waals surface area contributed by atoms with Gasteiger partial charge in [-0.1, -0.05) is 6.08 Å². The number of allylic oxidation sites excluding steroid dienone is 1. The number of rotatable bonds is 2. The molecular weight excluding hydrogens is 172 g/mol. The zero-order chi connectivity index (χ0) is 8.55. The van der Waals surface area contributed by atoms with E-state index in [0.717, 1.165) is 6.42 Å². The van der Waals surface area contributed by atoms with Gasteiger partial charge in [0.15, 0.2) is 0 Å². The van der Waals surface area contributed by atoms with Gasteiger partial charge in [-0.05, 0) is 18.8 Å². The molecule has 0 aromatic carbocycles. The molecule has 0 saturated heterocycles. The van der Waals surface area contributed by atoms with Crippen molar-refractivity contribution in [3.63, 3.8) is 0 Å². The van der Waals surface area contributed by atoms with E-state index in [2.05, 4.69) is 4.40 Å². The van der Waals surface area contributed by atoms with Crippen LogP contribution in [0.5, 0.6) is 0 Å². The molecule has 1 aliphatic heterocycles. The Kier molecular flexibility index (Phi) is 1.92. The molecule has 0 radical (unpaired) electrons. The number of hydrogen-bond donors (Lipinski definition) is 1. The van der Waals surface area contributed by atoms with Crippen LogP contribution in [0.15, 0.2) is 15.4 Å². The Balaban J connectivity index is 1.99. The standard InChI is InChI=1S/C8H10N2OS/c9-8(11)7-4-3-6(10-12-7)5-1-2-5/h4-5H,1-3H2,(H2,9,11). The van der Waals surface area contributed by atoms with Gasteiger partial charge in [0.05, 0.1) is 4.91 Å². The first-order valence-electron chi connectivity index (χ1n) is 4.01. The molecule has 0 aromatic heterocycles. The highest BCUT2D eigenvalue weighted by molar-refractivity contribution is 8.03. The summed E-state index contributed by atoms with van der Waals surface area (Å²) in [6.07, 6.45) is 5.22. The maximum absolute atomic E-state index is 10.7. The second kappa shape index (κ2) is 2.94. The Bertz CT molecular complexity index is 279. The molecule has 1 amide bonds. The zero-order valence-electron chi connectivity index (χ0n) is 6.62. The van der Waals surface area contributed by atoms with E-state index in [9.17, 15) is 4.79 Å². The van der Waals surface area contributed by atoms with Gasteiger partial charge in [0.25, 0.3) is 5.91 Å². The summed E-state index contributed by atoms with van der Waals surface area (Å²) in [5, 5.41) is 0. The minimum atomic E-state index is -0.362. The summed E-state index contributed by atoms with van der Waals surface area (Å²) in [5.41, 5.74) is 6.33. The van der Waals surface area contributed by atoms with Crippen molar-refractivity contribution in [2.45, 2.75) is 19.3 Å². The van der Waals surface area contributed by atoms with Crippen LogP contribution in [0.2, 0.25) is 0 Å². The van der Waals surface area contributed by atoms with Crippen molar-refractivity contribution in [2.24, 2.45) is 16.0 Å². The molecule has 1 heterocycles. The SMILES string of the molecule is NC(=O)C1=CCC(C2CC2)=NS1. The Morgan fingerprint density at radius 1 is 1.67 bits per heavy atom. The summed E-state index contributed by atoms with van der Waals surface area (Å²) in [7, 11) is 0. The van der Waals surface area contributed by atoms with Crippen LogP contribution in [-0.4, -0.2) is 11.6 Å². The van der Waals surface area contributed by atoms with Crippen LogP contribution in [0.3, 0.4) is 0 Å². The normalized spacial score (nSPS) is 23.0. The molecular formula is C8H10N2OS. The number of carbonyl (C=O) groups is 1. The van der Waals surface area contributed by atoms with Crippen LogP contribution >= 0.6 is 11.9 Å². The molecule has 1 aliphatic carbocycles. The van der Waals surface area contributed by atoms with E-state index in [1.165, 1.54) is 30.5 Å². The number of nitrogens with zero attached hydrogens (tertiary/aromatic N) is 1. The minimum Gasteiger partial charge on any atom is -0.365 e. The maximum Gasteiger partial charge on any atom is 0.256 e. The van der Waals surface area contributed by atoms with E-state index in [1.54, 1.807) is 0 Å². The maximum atomic E-state index is 10.7. The Morgan fingerprint density at radius 3 is 2.83 bits per heavy atom. The van der Waals surface area contributed by atoms with E-state index >= 15 is 0 Å². The molecule has 2 rings (SSSR count). The van der Waals surface area contributed by atoms with Crippen LogP contribution in [0.1, 0.15) is 19.3 Å². The van der Waals surface area contributed by atoms with E-state index < -0.39 is 0 Å². The predicted molar refractivity (Wildman–Crippen MR) is 49.6 cm³/mol. The van der Waals surface area contributed by atoms with Crippen LogP contribution < -0.4 is 5.73 Å². The Labute approximate surface area is 75.2 Å². The van der Waals surface area contributed by atoms with E-state index in [0.29, 0.717) is 10.8 Å². The van der Waals surface area contributed by atoms with Crippen LogP contribution in [0.4, 0.5) is 0 Å². The van der Waals surface area contributed by atoms with Gasteiger partial charge in [0.2, 0.25) is 0 Å². The van der Waals surface area contributed by atoms with Crippen molar-refractivity contribution in [3.8, 4) is 0 Å². The third-order valence-corrected chi connectivity index (χ3v) is 2.94. The van der Waals surface area contributed by atoms with Crippen molar-refractivity contribution in [1.29, 1.82) is 0 Å². The molecule has 2 aliphatic rings. The van der Waals surface area contributed by atoms with Gasteiger partial charge < -0.3 is 5.73 Å².